The van der Waals surface area contributed by atoms with E-state index in [-0.39, 0.29) is 5.91 Å². The number of aromatic nitrogens is 2. The predicted molar refractivity (Wildman–Crippen MR) is 78.7 cm³/mol. The Hall–Kier alpha value is -1.69. The van der Waals surface area contributed by atoms with Gasteiger partial charge in [0.15, 0.2) is 0 Å². The zero-order valence-corrected chi connectivity index (χ0v) is 12.2. The van der Waals surface area contributed by atoms with Gasteiger partial charge in [-0.2, -0.15) is 0 Å². The smallest absolute Gasteiger partial charge is 0.271 e. The highest BCUT2D eigenvalue weighted by Crippen LogP contribution is 2.14. The highest BCUT2D eigenvalue weighted by Gasteiger charge is 2.18. The molecule has 20 heavy (non-hydrogen) atoms. The fourth-order valence-electron chi connectivity index (χ4n) is 2.51. The molecule has 1 fully saturated rings. The first-order valence-corrected chi connectivity index (χ1v) is 7.21. The van der Waals surface area contributed by atoms with Gasteiger partial charge in [0, 0.05) is 19.6 Å². The van der Waals surface area contributed by atoms with Crippen molar-refractivity contribution in [3.05, 3.63) is 18.1 Å². The van der Waals surface area contributed by atoms with Gasteiger partial charge < -0.3 is 15.5 Å². The Labute approximate surface area is 120 Å². The summed E-state index contributed by atoms with van der Waals surface area (Å²) < 4.78 is 0. The second-order valence-corrected chi connectivity index (χ2v) is 5.30. The van der Waals surface area contributed by atoms with E-state index >= 15 is 0 Å². The standard InChI is InChI=1S/C14H23N5O/c1-3-16-13-9-15-8-12(18-13)14(20)17-7-11-5-4-6-19(2)10-11/h8-9,11H,3-7,10H2,1-2H3,(H,16,18)(H,17,20). The fourth-order valence-corrected chi connectivity index (χ4v) is 2.51. The number of nitrogens with one attached hydrogen (secondary N) is 2. The molecule has 0 aromatic carbocycles. The van der Waals surface area contributed by atoms with Crippen molar-refractivity contribution >= 4 is 11.7 Å². The molecule has 2 heterocycles. The van der Waals surface area contributed by atoms with Crippen molar-refractivity contribution in [2.75, 3.05) is 38.5 Å². The van der Waals surface area contributed by atoms with E-state index in [0.717, 1.165) is 19.6 Å². The lowest BCUT2D eigenvalue weighted by Gasteiger charge is -2.29. The van der Waals surface area contributed by atoms with Gasteiger partial charge in [-0.15, -0.1) is 0 Å². The first-order chi connectivity index (χ1) is 9.69. The van der Waals surface area contributed by atoms with Crippen molar-refractivity contribution < 1.29 is 4.79 Å². The van der Waals surface area contributed by atoms with Gasteiger partial charge in [-0.3, -0.25) is 9.78 Å². The molecule has 6 nitrogen and oxygen atoms in total. The molecule has 1 atom stereocenters. The maximum atomic E-state index is 12.1. The van der Waals surface area contributed by atoms with Gasteiger partial charge in [0.05, 0.1) is 12.4 Å². The number of hydrogen-bond acceptors (Lipinski definition) is 5. The Morgan fingerprint density at radius 3 is 3.10 bits per heavy atom. The Bertz CT molecular complexity index is 451. The van der Waals surface area contributed by atoms with Crippen molar-refractivity contribution in [1.29, 1.82) is 0 Å². The molecule has 2 rings (SSSR count). The van der Waals surface area contributed by atoms with Gasteiger partial charge in [-0.05, 0) is 39.3 Å². The molecule has 0 spiro atoms. The lowest BCUT2D eigenvalue weighted by atomic mass is 9.98. The van der Waals surface area contributed by atoms with Crippen LogP contribution in [0.15, 0.2) is 12.4 Å². The van der Waals surface area contributed by atoms with Crippen molar-refractivity contribution in [2.45, 2.75) is 19.8 Å². The van der Waals surface area contributed by atoms with Crippen molar-refractivity contribution in [1.82, 2.24) is 20.2 Å². The average Bonchev–Trinajstić information content (AvgIpc) is 2.45. The number of carbonyl (C=O) groups excluding carboxylic acids is 1. The fraction of sp³-hybridized carbons (Fsp3) is 0.643. The maximum Gasteiger partial charge on any atom is 0.271 e. The molecular weight excluding hydrogens is 254 g/mol. The third-order valence-electron chi connectivity index (χ3n) is 3.50. The summed E-state index contributed by atoms with van der Waals surface area (Å²) in [5.74, 6) is 1.02. The van der Waals surface area contributed by atoms with E-state index in [4.69, 9.17) is 0 Å². The minimum Gasteiger partial charge on any atom is -0.369 e. The first kappa shape index (κ1) is 14.7. The zero-order chi connectivity index (χ0) is 14.4. The summed E-state index contributed by atoms with van der Waals surface area (Å²) in [4.78, 5) is 22.7. The van der Waals surface area contributed by atoms with Gasteiger partial charge in [0.1, 0.15) is 11.5 Å². The maximum absolute atomic E-state index is 12.1. The molecule has 110 valence electrons. The third-order valence-corrected chi connectivity index (χ3v) is 3.50. The van der Waals surface area contributed by atoms with Crippen LogP contribution in [0.25, 0.3) is 0 Å². The monoisotopic (exact) mass is 277 g/mol. The van der Waals surface area contributed by atoms with Crippen LogP contribution in [0.1, 0.15) is 30.3 Å². The molecule has 0 radical (unpaired) electrons. The number of hydrogen-bond donors (Lipinski definition) is 2. The van der Waals surface area contributed by atoms with Crippen LogP contribution in [-0.4, -0.2) is 54.0 Å². The van der Waals surface area contributed by atoms with E-state index in [0.29, 0.717) is 24.0 Å². The van der Waals surface area contributed by atoms with Gasteiger partial charge in [0.2, 0.25) is 0 Å². The molecule has 1 aromatic rings. The molecule has 1 unspecified atom stereocenters. The van der Waals surface area contributed by atoms with E-state index in [1.54, 1.807) is 6.20 Å². The molecule has 1 amide bonds. The summed E-state index contributed by atoms with van der Waals surface area (Å²) in [6.07, 6.45) is 5.50. The number of piperidine rings is 1. The second kappa shape index (κ2) is 7.19. The van der Waals surface area contributed by atoms with Gasteiger partial charge >= 0.3 is 0 Å². The Balaban J connectivity index is 1.86. The topological polar surface area (TPSA) is 70.2 Å². The van der Waals surface area contributed by atoms with Crippen molar-refractivity contribution in [3.8, 4) is 0 Å². The SMILES string of the molecule is CCNc1cncc(C(=O)NCC2CCCN(C)C2)n1. The lowest BCUT2D eigenvalue weighted by Crippen LogP contribution is -2.39. The van der Waals surface area contributed by atoms with Gasteiger partial charge in [0.25, 0.3) is 5.91 Å². The summed E-state index contributed by atoms with van der Waals surface area (Å²) in [5, 5.41) is 6.02. The molecule has 1 saturated heterocycles. The normalized spacial score (nSPS) is 19.6. The van der Waals surface area contributed by atoms with Crippen LogP contribution in [-0.2, 0) is 0 Å². The minimum absolute atomic E-state index is 0.148. The third kappa shape index (κ3) is 4.16. The van der Waals surface area contributed by atoms with Gasteiger partial charge in [-0.25, -0.2) is 4.98 Å². The Kier molecular flexibility index (Phi) is 5.29. The van der Waals surface area contributed by atoms with Crippen LogP contribution in [0.2, 0.25) is 0 Å². The first-order valence-electron chi connectivity index (χ1n) is 7.21. The molecule has 0 saturated carbocycles. The second-order valence-electron chi connectivity index (χ2n) is 5.30. The summed E-state index contributed by atoms with van der Waals surface area (Å²) in [5.41, 5.74) is 0.368. The predicted octanol–water partition coefficient (Wildman–Crippen LogP) is 0.980. The van der Waals surface area contributed by atoms with E-state index in [2.05, 4.69) is 32.5 Å². The Morgan fingerprint density at radius 2 is 2.35 bits per heavy atom. The lowest BCUT2D eigenvalue weighted by molar-refractivity contribution is 0.0931. The van der Waals surface area contributed by atoms with Gasteiger partial charge in [-0.1, -0.05) is 0 Å². The molecular formula is C14H23N5O. The largest absolute Gasteiger partial charge is 0.369 e. The van der Waals surface area contributed by atoms with Crippen molar-refractivity contribution in [3.63, 3.8) is 0 Å². The van der Waals surface area contributed by atoms with Crippen LogP contribution < -0.4 is 10.6 Å². The molecule has 2 N–H and O–H groups in total. The summed E-state index contributed by atoms with van der Waals surface area (Å²) in [7, 11) is 2.12. The van der Waals surface area contributed by atoms with E-state index < -0.39 is 0 Å². The van der Waals surface area contributed by atoms with E-state index in [9.17, 15) is 4.79 Å². The van der Waals surface area contributed by atoms with E-state index in [1.807, 2.05) is 6.92 Å². The Morgan fingerprint density at radius 1 is 1.50 bits per heavy atom. The number of anilines is 1. The zero-order valence-electron chi connectivity index (χ0n) is 12.2. The summed E-state index contributed by atoms with van der Waals surface area (Å²) in [6, 6.07) is 0. The average molecular weight is 277 g/mol. The number of likely N-dealkylation sites (tertiary alicyclic amines) is 1. The highest BCUT2D eigenvalue weighted by atomic mass is 16.1. The van der Waals surface area contributed by atoms with Crippen molar-refractivity contribution in [2.24, 2.45) is 5.92 Å². The van der Waals surface area contributed by atoms with Crippen LogP contribution in [0.4, 0.5) is 5.82 Å². The van der Waals surface area contributed by atoms with Crippen LogP contribution in [0, 0.1) is 5.92 Å². The molecule has 1 aromatic heterocycles. The van der Waals surface area contributed by atoms with Crippen LogP contribution >= 0.6 is 0 Å². The van der Waals surface area contributed by atoms with Crippen LogP contribution in [0.5, 0.6) is 0 Å². The quantitative estimate of drug-likeness (QED) is 0.839. The number of rotatable bonds is 5. The molecule has 6 heteroatoms. The number of carbonyl (C=O) groups is 1. The summed E-state index contributed by atoms with van der Waals surface area (Å²) in [6.45, 7) is 5.64. The molecule has 0 bridgehead atoms. The highest BCUT2D eigenvalue weighted by molar-refractivity contribution is 5.92. The summed E-state index contributed by atoms with van der Waals surface area (Å²) >= 11 is 0. The number of nitrogens with zero attached hydrogens (tertiary/aromatic N) is 3. The number of amides is 1. The molecule has 1 aliphatic heterocycles. The molecule has 1 aliphatic rings. The minimum atomic E-state index is -0.148. The van der Waals surface area contributed by atoms with Crippen LogP contribution in [0.3, 0.4) is 0 Å². The van der Waals surface area contributed by atoms with E-state index in [1.165, 1.54) is 19.0 Å². The molecule has 0 aliphatic carbocycles.